The molecule has 0 fully saturated rings. The van der Waals surface area contributed by atoms with Crippen LogP contribution in [-0.4, -0.2) is 9.55 Å². The molecule has 0 unspecified atom stereocenters. The van der Waals surface area contributed by atoms with Gasteiger partial charge in [-0.2, -0.15) is 0 Å². The van der Waals surface area contributed by atoms with Gasteiger partial charge in [-0.15, -0.1) is 11.3 Å². The first-order valence-corrected chi connectivity index (χ1v) is 8.79. The van der Waals surface area contributed by atoms with Crippen molar-refractivity contribution in [2.75, 3.05) is 5.73 Å². The normalized spacial score (nSPS) is 11.4. The lowest BCUT2D eigenvalue weighted by atomic mass is 10.2. The topological polar surface area (TPSA) is 43.8 Å². The molecule has 0 saturated carbocycles. The van der Waals surface area contributed by atoms with Crippen molar-refractivity contribution in [1.29, 1.82) is 0 Å². The van der Waals surface area contributed by atoms with Crippen molar-refractivity contribution in [2.45, 2.75) is 33.2 Å². The van der Waals surface area contributed by atoms with Crippen LogP contribution in [0.1, 0.15) is 25.1 Å². The van der Waals surface area contributed by atoms with E-state index in [1.807, 2.05) is 0 Å². The summed E-state index contributed by atoms with van der Waals surface area (Å²) in [5.41, 5.74) is 9.47. The molecule has 0 spiro atoms. The van der Waals surface area contributed by atoms with Gasteiger partial charge in [-0.25, -0.2) is 4.98 Å². The molecule has 0 atom stereocenters. The van der Waals surface area contributed by atoms with Gasteiger partial charge in [0, 0.05) is 15.9 Å². The SMILES string of the molecule is CCCn1c(-c2cc(CC)sc2N)nc2cc(Br)ccc21. The molecule has 0 aliphatic rings. The largest absolute Gasteiger partial charge is 0.390 e. The second-order valence-corrected chi connectivity index (χ2v) is 7.15. The number of fused-ring (bicyclic) bond motifs is 1. The summed E-state index contributed by atoms with van der Waals surface area (Å²) in [5.74, 6) is 0.985. The molecule has 3 nitrogen and oxygen atoms in total. The molecule has 110 valence electrons. The third kappa shape index (κ3) is 2.60. The van der Waals surface area contributed by atoms with E-state index in [1.54, 1.807) is 11.3 Å². The fourth-order valence-corrected chi connectivity index (χ4v) is 3.78. The third-order valence-corrected chi connectivity index (χ3v) is 5.16. The van der Waals surface area contributed by atoms with Gasteiger partial charge >= 0.3 is 0 Å². The zero-order valence-corrected chi connectivity index (χ0v) is 14.6. The number of benzene rings is 1. The van der Waals surface area contributed by atoms with Gasteiger partial charge in [0.05, 0.1) is 21.6 Å². The van der Waals surface area contributed by atoms with Crippen molar-refractivity contribution in [3.05, 3.63) is 33.6 Å². The minimum absolute atomic E-state index is 0.860. The maximum Gasteiger partial charge on any atom is 0.144 e. The van der Waals surface area contributed by atoms with E-state index in [-0.39, 0.29) is 0 Å². The number of thiophene rings is 1. The van der Waals surface area contributed by atoms with E-state index in [0.29, 0.717) is 0 Å². The first kappa shape index (κ1) is 14.6. The Morgan fingerprint density at radius 3 is 2.76 bits per heavy atom. The predicted molar refractivity (Wildman–Crippen MR) is 94.8 cm³/mol. The fourth-order valence-electron chi connectivity index (χ4n) is 2.57. The van der Waals surface area contributed by atoms with Crippen molar-refractivity contribution in [3.8, 4) is 11.4 Å². The number of imidazole rings is 1. The monoisotopic (exact) mass is 363 g/mol. The van der Waals surface area contributed by atoms with E-state index >= 15 is 0 Å². The van der Waals surface area contributed by atoms with Gasteiger partial charge in [-0.3, -0.25) is 0 Å². The van der Waals surface area contributed by atoms with Crippen molar-refractivity contribution in [2.24, 2.45) is 0 Å². The molecule has 1 aromatic carbocycles. The van der Waals surface area contributed by atoms with Gasteiger partial charge in [-0.1, -0.05) is 29.8 Å². The highest BCUT2D eigenvalue weighted by Gasteiger charge is 2.16. The minimum Gasteiger partial charge on any atom is -0.390 e. The van der Waals surface area contributed by atoms with Crippen LogP contribution in [0.25, 0.3) is 22.4 Å². The number of aromatic nitrogens is 2. The molecule has 0 bridgehead atoms. The standard InChI is InChI=1S/C16H18BrN3S/c1-3-7-20-14-6-5-10(17)8-13(14)19-16(20)12-9-11(4-2)21-15(12)18/h5-6,8-9H,3-4,7,18H2,1-2H3. The number of halogens is 1. The van der Waals surface area contributed by atoms with E-state index in [4.69, 9.17) is 10.7 Å². The van der Waals surface area contributed by atoms with E-state index < -0.39 is 0 Å². The summed E-state index contributed by atoms with van der Waals surface area (Å²) < 4.78 is 3.33. The smallest absolute Gasteiger partial charge is 0.144 e. The molecule has 0 amide bonds. The van der Waals surface area contributed by atoms with Crippen LogP contribution < -0.4 is 5.73 Å². The van der Waals surface area contributed by atoms with Gasteiger partial charge in [0.25, 0.3) is 0 Å². The van der Waals surface area contributed by atoms with Gasteiger partial charge in [-0.05, 0) is 37.1 Å². The van der Waals surface area contributed by atoms with Crippen molar-refractivity contribution >= 4 is 43.3 Å². The van der Waals surface area contributed by atoms with Gasteiger partial charge in [0.1, 0.15) is 5.82 Å². The number of hydrogen-bond acceptors (Lipinski definition) is 3. The van der Waals surface area contributed by atoms with Crippen molar-refractivity contribution in [3.63, 3.8) is 0 Å². The van der Waals surface area contributed by atoms with Crippen LogP contribution in [0.4, 0.5) is 5.00 Å². The summed E-state index contributed by atoms with van der Waals surface area (Å²) in [4.78, 5) is 6.13. The zero-order valence-electron chi connectivity index (χ0n) is 12.2. The first-order valence-electron chi connectivity index (χ1n) is 7.18. The summed E-state index contributed by atoms with van der Waals surface area (Å²) in [6, 6.07) is 8.43. The number of anilines is 1. The Balaban J connectivity index is 2.24. The Labute approximate surface area is 136 Å². The highest BCUT2D eigenvalue weighted by molar-refractivity contribution is 9.10. The molecule has 5 heteroatoms. The maximum atomic E-state index is 6.22. The Bertz CT molecular complexity index is 788. The van der Waals surface area contributed by atoms with Gasteiger partial charge in [0.15, 0.2) is 0 Å². The molecule has 0 saturated heterocycles. The molecule has 3 aromatic rings. The molecule has 2 heterocycles. The lowest BCUT2D eigenvalue weighted by Crippen LogP contribution is -2.00. The molecular formula is C16H18BrN3S. The summed E-state index contributed by atoms with van der Waals surface area (Å²) in [7, 11) is 0. The van der Waals surface area contributed by atoms with E-state index in [9.17, 15) is 0 Å². The Morgan fingerprint density at radius 2 is 2.10 bits per heavy atom. The van der Waals surface area contributed by atoms with Crippen LogP contribution in [0.2, 0.25) is 0 Å². The average Bonchev–Trinajstić information content (AvgIpc) is 3.00. The van der Waals surface area contributed by atoms with Crippen LogP contribution in [0.15, 0.2) is 28.7 Å². The molecule has 3 rings (SSSR count). The number of aryl methyl sites for hydroxylation is 2. The molecule has 0 radical (unpaired) electrons. The van der Waals surface area contributed by atoms with E-state index in [2.05, 4.69) is 58.6 Å². The lowest BCUT2D eigenvalue weighted by Gasteiger charge is -2.07. The highest BCUT2D eigenvalue weighted by Crippen LogP contribution is 2.36. The highest BCUT2D eigenvalue weighted by atomic mass is 79.9. The molecule has 0 aliphatic heterocycles. The number of nitrogens with two attached hydrogens (primary N) is 1. The number of hydrogen-bond donors (Lipinski definition) is 1. The summed E-state index contributed by atoms with van der Waals surface area (Å²) >= 11 is 5.18. The minimum atomic E-state index is 0.860. The maximum absolute atomic E-state index is 6.22. The van der Waals surface area contributed by atoms with E-state index in [1.165, 1.54) is 10.4 Å². The molecular weight excluding hydrogens is 346 g/mol. The Morgan fingerprint density at radius 1 is 1.29 bits per heavy atom. The number of rotatable bonds is 4. The van der Waals surface area contributed by atoms with Crippen LogP contribution in [-0.2, 0) is 13.0 Å². The summed E-state index contributed by atoms with van der Waals surface area (Å²) in [6.45, 7) is 5.29. The van der Waals surface area contributed by atoms with Crippen LogP contribution >= 0.6 is 27.3 Å². The predicted octanol–water partition coefficient (Wildman–Crippen LogP) is 5.08. The van der Waals surface area contributed by atoms with Crippen LogP contribution in [0.3, 0.4) is 0 Å². The molecule has 2 aromatic heterocycles. The Kier molecular flexibility index (Phi) is 4.04. The fraction of sp³-hybridized carbons (Fsp3) is 0.312. The van der Waals surface area contributed by atoms with Crippen LogP contribution in [0.5, 0.6) is 0 Å². The number of nitrogens with zero attached hydrogens (tertiary/aromatic N) is 2. The Hall–Kier alpha value is -1.33. The molecule has 2 N–H and O–H groups in total. The second kappa shape index (κ2) is 5.81. The van der Waals surface area contributed by atoms with Crippen LogP contribution in [0, 0.1) is 0 Å². The first-order chi connectivity index (χ1) is 10.1. The van der Waals surface area contributed by atoms with Crippen molar-refractivity contribution in [1.82, 2.24) is 9.55 Å². The average molecular weight is 364 g/mol. The number of nitrogen functional groups attached to an aromatic ring is 1. The van der Waals surface area contributed by atoms with Gasteiger partial charge in [0.2, 0.25) is 0 Å². The second-order valence-electron chi connectivity index (χ2n) is 5.06. The van der Waals surface area contributed by atoms with E-state index in [0.717, 1.165) is 45.8 Å². The zero-order chi connectivity index (χ0) is 15.0. The molecule has 21 heavy (non-hydrogen) atoms. The van der Waals surface area contributed by atoms with Crippen molar-refractivity contribution < 1.29 is 0 Å². The quantitative estimate of drug-likeness (QED) is 0.701. The van der Waals surface area contributed by atoms with Gasteiger partial charge < -0.3 is 10.3 Å². The summed E-state index contributed by atoms with van der Waals surface area (Å²) in [6.07, 6.45) is 2.08. The molecule has 0 aliphatic carbocycles. The lowest BCUT2D eigenvalue weighted by molar-refractivity contribution is 0.704. The summed E-state index contributed by atoms with van der Waals surface area (Å²) in [5, 5.41) is 0.860. The third-order valence-electron chi connectivity index (χ3n) is 3.56.